The molecule has 0 N–H and O–H groups in total. The van der Waals surface area contributed by atoms with Gasteiger partial charge in [0.15, 0.2) is 5.78 Å². The van der Waals surface area contributed by atoms with Crippen molar-refractivity contribution >= 4 is 28.2 Å². The number of hydrogen-bond donors (Lipinski definition) is 0. The van der Waals surface area contributed by atoms with Gasteiger partial charge in [-0.1, -0.05) is 48.0 Å². The van der Waals surface area contributed by atoms with Crippen molar-refractivity contribution in [1.82, 2.24) is 0 Å². The number of halogens is 1. The monoisotopic (exact) mass is 308 g/mol. The molecular formula is C19H13ClO2. The molecule has 0 spiro atoms. The first-order valence-electron chi connectivity index (χ1n) is 7.15. The van der Waals surface area contributed by atoms with Gasteiger partial charge in [-0.25, -0.2) is 0 Å². The number of hydrogen-bond acceptors (Lipinski definition) is 2. The van der Waals surface area contributed by atoms with Crippen molar-refractivity contribution < 1.29 is 9.53 Å². The Hall–Kier alpha value is -2.16. The summed E-state index contributed by atoms with van der Waals surface area (Å²) in [5.74, 6) is 0.0388. The number of carbonyl (C=O) groups is 1. The Balaban J connectivity index is 2.11. The molecule has 0 bridgehead atoms. The zero-order valence-electron chi connectivity index (χ0n) is 11.8. The molecule has 4 rings (SSSR count). The summed E-state index contributed by atoms with van der Waals surface area (Å²) in [5.41, 5.74) is 3.73. The Morgan fingerprint density at radius 1 is 0.909 bits per heavy atom. The molecule has 108 valence electrons. The molecule has 0 atom stereocenters. The van der Waals surface area contributed by atoms with Crippen molar-refractivity contribution in [1.29, 1.82) is 0 Å². The van der Waals surface area contributed by atoms with Crippen molar-refractivity contribution in [2.45, 2.75) is 6.61 Å². The van der Waals surface area contributed by atoms with Crippen LogP contribution in [0.4, 0.5) is 0 Å². The van der Waals surface area contributed by atoms with Crippen LogP contribution >= 0.6 is 11.6 Å². The fourth-order valence-electron chi connectivity index (χ4n) is 3.08. The van der Waals surface area contributed by atoms with E-state index >= 15 is 0 Å². The van der Waals surface area contributed by atoms with Gasteiger partial charge in [0.25, 0.3) is 0 Å². The lowest BCUT2D eigenvalue weighted by molar-refractivity contribution is 0.0667. The van der Waals surface area contributed by atoms with Crippen molar-refractivity contribution in [2.24, 2.45) is 0 Å². The Morgan fingerprint density at radius 2 is 1.68 bits per heavy atom. The van der Waals surface area contributed by atoms with Crippen LogP contribution in [0.15, 0.2) is 54.6 Å². The molecule has 3 aromatic rings. The molecule has 0 aliphatic carbocycles. The molecule has 0 unspecified atom stereocenters. The summed E-state index contributed by atoms with van der Waals surface area (Å²) in [7, 11) is 0. The third kappa shape index (κ3) is 2.12. The maximum atomic E-state index is 12.4. The fourth-order valence-corrected chi connectivity index (χ4v) is 3.21. The average molecular weight is 309 g/mol. The Labute approximate surface area is 133 Å². The van der Waals surface area contributed by atoms with Gasteiger partial charge in [-0.05, 0) is 40.1 Å². The lowest BCUT2D eigenvalue weighted by Crippen LogP contribution is -2.19. The highest BCUT2D eigenvalue weighted by molar-refractivity contribution is 6.30. The van der Waals surface area contributed by atoms with Gasteiger partial charge in [-0.2, -0.15) is 0 Å². The SMILES string of the molecule is O=C1COCc2cc3ccccc3c(-c3ccc(Cl)cc3)c21. The minimum atomic E-state index is 0.0388. The van der Waals surface area contributed by atoms with Crippen LogP contribution < -0.4 is 0 Å². The molecule has 1 aliphatic rings. The zero-order chi connectivity index (χ0) is 15.1. The van der Waals surface area contributed by atoms with Gasteiger partial charge in [-0.15, -0.1) is 0 Å². The second kappa shape index (κ2) is 5.24. The van der Waals surface area contributed by atoms with E-state index in [2.05, 4.69) is 18.2 Å². The smallest absolute Gasteiger partial charge is 0.189 e. The summed E-state index contributed by atoms with van der Waals surface area (Å²) in [6.07, 6.45) is 0. The summed E-state index contributed by atoms with van der Waals surface area (Å²) in [5, 5.41) is 2.89. The predicted octanol–water partition coefficient (Wildman–Crippen LogP) is 4.87. The molecule has 0 radical (unpaired) electrons. The summed E-state index contributed by atoms with van der Waals surface area (Å²) >= 11 is 6.00. The number of benzene rings is 3. The number of ether oxygens (including phenoxy) is 1. The largest absolute Gasteiger partial charge is 0.369 e. The van der Waals surface area contributed by atoms with Gasteiger partial charge in [0, 0.05) is 16.1 Å². The summed E-state index contributed by atoms with van der Waals surface area (Å²) in [4.78, 5) is 12.4. The maximum Gasteiger partial charge on any atom is 0.189 e. The predicted molar refractivity (Wildman–Crippen MR) is 88.4 cm³/mol. The first-order valence-corrected chi connectivity index (χ1v) is 7.53. The summed E-state index contributed by atoms with van der Waals surface area (Å²) < 4.78 is 5.40. The third-order valence-corrected chi connectivity index (χ3v) is 4.29. The van der Waals surface area contributed by atoms with Crippen LogP contribution in [0.1, 0.15) is 15.9 Å². The molecule has 0 fully saturated rings. The molecular weight excluding hydrogens is 296 g/mol. The van der Waals surface area contributed by atoms with Gasteiger partial charge >= 0.3 is 0 Å². The maximum absolute atomic E-state index is 12.4. The van der Waals surface area contributed by atoms with Gasteiger partial charge in [0.1, 0.15) is 6.61 Å². The lowest BCUT2D eigenvalue weighted by Gasteiger charge is -2.21. The van der Waals surface area contributed by atoms with E-state index in [1.165, 1.54) is 0 Å². The van der Waals surface area contributed by atoms with Crippen molar-refractivity contribution in [3.63, 3.8) is 0 Å². The molecule has 0 aromatic heterocycles. The molecule has 1 aliphatic heterocycles. The summed E-state index contributed by atoms with van der Waals surface area (Å²) in [6, 6.07) is 17.8. The minimum Gasteiger partial charge on any atom is -0.369 e. The molecule has 1 heterocycles. The van der Waals surface area contributed by atoms with Crippen LogP contribution in [0.3, 0.4) is 0 Å². The van der Waals surface area contributed by atoms with Crippen LogP contribution in [-0.4, -0.2) is 12.4 Å². The highest BCUT2D eigenvalue weighted by Gasteiger charge is 2.24. The van der Waals surface area contributed by atoms with Crippen LogP contribution in [0.2, 0.25) is 5.02 Å². The molecule has 0 saturated carbocycles. The van der Waals surface area contributed by atoms with Crippen LogP contribution in [-0.2, 0) is 11.3 Å². The highest BCUT2D eigenvalue weighted by atomic mass is 35.5. The highest BCUT2D eigenvalue weighted by Crippen LogP contribution is 2.37. The average Bonchev–Trinajstić information content (AvgIpc) is 2.54. The molecule has 2 nitrogen and oxygen atoms in total. The van der Waals surface area contributed by atoms with Gasteiger partial charge in [0.2, 0.25) is 0 Å². The number of Topliss-reactive ketones (excluding diaryl/α,β-unsaturated/α-hetero) is 1. The van der Waals surface area contributed by atoms with Crippen molar-refractivity contribution in [3.05, 3.63) is 70.7 Å². The van der Waals surface area contributed by atoms with E-state index in [4.69, 9.17) is 16.3 Å². The second-order valence-electron chi connectivity index (χ2n) is 5.43. The van der Waals surface area contributed by atoms with Crippen LogP contribution in [0.25, 0.3) is 21.9 Å². The molecule has 0 amide bonds. The topological polar surface area (TPSA) is 26.3 Å². The molecule has 0 saturated heterocycles. The first kappa shape index (κ1) is 13.5. The molecule has 22 heavy (non-hydrogen) atoms. The van der Waals surface area contributed by atoms with Crippen molar-refractivity contribution in [2.75, 3.05) is 6.61 Å². The van der Waals surface area contributed by atoms with E-state index in [9.17, 15) is 4.79 Å². The van der Waals surface area contributed by atoms with Crippen LogP contribution in [0, 0.1) is 0 Å². The number of carbonyl (C=O) groups excluding carboxylic acids is 1. The van der Waals surface area contributed by atoms with E-state index in [1.54, 1.807) is 0 Å². The minimum absolute atomic E-state index is 0.0388. The van der Waals surface area contributed by atoms with E-state index in [0.717, 1.165) is 33.0 Å². The fraction of sp³-hybridized carbons (Fsp3) is 0.105. The lowest BCUT2D eigenvalue weighted by atomic mass is 9.87. The Morgan fingerprint density at radius 3 is 2.50 bits per heavy atom. The third-order valence-electron chi connectivity index (χ3n) is 4.03. The van der Waals surface area contributed by atoms with E-state index in [-0.39, 0.29) is 12.4 Å². The number of fused-ring (bicyclic) bond motifs is 2. The molecule has 3 aromatic carbocycles. The Bertz CT molecular complexity index is 882. The first-order chi connectivity index (χ1) is 10.7. The standard InChI is InChI=1S/C19H13ClO2/c20-15-7-5-12(6-8-15)18-16-4-2-1-3-13(16)9-14-10-22-11-17(21)19(14)18/h1-9H,10-11H2. The van der Waals surface area contributed by atoms with Crippen LogP contribution in [0.5, 0.6) is 0 Å². The van der Waals surface area contributed by atoms with E-state index in [1.807, 2.05) is 36.4 Å². The molecule has 3 heteroatoms. The normalized spacial score (nSPS) is 14.1. The number of ketones is 1. The van der Waals surface area contributed by atoms with E-state index < -0.39 is 0 Å². The Kier molecular flexibility index (Phi) is 3.21. The zero-order valence-corrected chi connectivity index (χ0v) is 12.6. The van der Waals surface area contributed by atoms with Gasteiger partial charge in [-0.3, -0.25) is 4.79 Å². The van der Waals surface area contributed by atoms with Crippen molar-refractivity contribution in [3.8, 4) is 11.1 Å². The summed E-state index contributed by atoms with van der Waals surface area (Å²) in [6.45, 7) is 0.623. The van der Waals surface area contributed by atoms with Gasteiger partial charge in [0.05, 0.1) is 6.61 Å². The number of rotatable bonds is 1. The van der Waals surface area contributed by atoms with E-state index in [0.29, 0.717) is 11.6 Å². The van der Waals surface area contributed by atoms with Gasteiger partial charge < -0.3 is 4.74 Å². The quantitative estimate of drug-likeness (QED) is 0.641. The second-order valence-corrected chi connectivity index (χ2v) is 5.87.